The molecule has 0 heterocycles. The van der Waals surface area contributed by atoms with E-state index in [-0.39, 0.29) is 6.10 Å². The maximum Gasteiger partial charge on any atom is 0.118 e. The third-order valence-electron chi connectivity index (χ3n) is 2.52. The van der Waals surface area contributed by atoms with E-state index >= 15 is 0 Å². The van der Waals surface area contributed by atoms with Crippen molar-refractivity contribution in [1.29, 1.82) is 0 Å². The molecule has 0 spiro atoms. The minimum absolute atomic E-state index is 0.193. The molecule has 0 aliphatic heterocycles. The third-order valence-corrected chi connectivity index (χ3v) is 2.52. The van der Waals surface area contributed by atoms with E-state index in [9.17, 15) is 0 Å². The summed E-state index contributed by atoms with van der Waals surface area (Å²) in [6.45, 7) is 3.34. The van der Waals surface area contributed by atoms with E-state index in [2.05, 4.69) is 6.92 Å². The summed E-state index contributed by atoms with van der Waals surface area (Å²) < 4.78 is 15.9. The molecule has 0 unspecified atom stereocenters. The van der Waals surface area contributed by atoms with Gasteiger partial charge in [0.05, 0.1) is 26.4 Å². The van der Waals surface area contributed by atoms with Gasteiger partial charge in [0.2, 0.25) is 0 Å². The molecule has 0 amide bonds. The van der Waals surface area contributed by atoms with Gasteiger partial charge in [0.15, 0.2) is 0 Å². The van der Waals surface area contributed by atoms with E-state index in [1.54, 1.807) is 14.2 Å². The molecular formula is C13H20O3. The van der Waals surface area contributed by atoms with Gasteiger partial charge in [-0.1, -0.05) is 19.1 Å². The molecule has 0 saturated heterocycles. The molecule has 1 rings (SSSR count). The number of benzene rings is 1. The fraction of sp³-hybridized carbons (Fsp3) is 0.538. The maximum absolute atomic E-state index is 5.57. The lowest BCUT2D eigenvalue weighted by Crippen LogP contribution is -2.16. The zero-order valence-corrected chi connectivity index (χ0v) is 10.2. The van der Waals surface area contributed by atoms with Crippen molar-refractivity contribution in [2.24, 2.45) is 0 Å². The summed E-state index contributed by atoms with van der Waals surface area (Å²) in [6, 6.07) is 7.89. The molecule has 1 aromatic carbocycles. The highest BCUT2D eigenvalue weighted by molar-refractivity contribution is 5.26. The molecule has 0 aliphatic rings. The highest BCUT2D eigenvalue weighted by atomic mass is 16.5. The first-order valence-corrected chi connectivity index (χ1v) is 5.53. The van der Waals surface area contributed by atoms with Crippen molar-refractivity contribution in [3.05, 3.63) is 29.8 Å². The first-order chi connectivity index (χ1) is 7.80. The van der Waals surface area contributed by atoms with Crippen LogP contribution in [0.25, 0.3) is 0 Å². The van der Waals surface area contributed by atoms with Crippen LogP contribution in [0.1, 0.15) is 18.9 Å². The van der Waals surface area contributed by atoms with Crippen LogP contribution in [-0.2, 0) is 16.1 Å². The number of methoxy groups -OCH3 is 2. The van der Waals surface area contributed by atoms with Gasteiger partial charge in [-0.3, -0.25) is 0 Å². The predicted octanol–water partition coefficient (Wildman–Crippen LogP) is 2.64. The summed E-state index contributed by atoms with van der Waals surface area (Å²) in [7, 11) is 3.38. The molecule has 3 nitrogen and oxygen atoms in total. The molecule has 0 aliphatic carbocycles. The average Bonchev–Trinajstić information content (AvgIpc) is 2.35. The summed E-state index contributed by atoms with van der Waals surface area (Å²) in [6.07, 6.45) is 1.16. The molecule has 1 atom stereocenters. The van der Waals surface area contributed by atoms with Gasteiger partial charge in [-0.25, -0.2) is 0 Å². The van der Waals surface area contributed by atoms with E-state index in [1.165, 1.54) is 0 Å². The number of hydrogen-bond donors (Lipinski definition) is 0. The highest BCUT2D eigenvalue weighted by Gasteiger charge is 2.03. The van der Waals surface area contributed by atoms with Crippen molar-refractivity contribution >= 4 is 0 Å². The highest BCUT2D eigenvalue weighted by Crippen LogP contribution is 2.12. The van der Waals surface area contributed by atoms with Crippen LogP contribution in [0.2, 0.25) is 0 Å². The monoisotopic (exact) mass is 224 g/mol. The minimum Gasteiger partial charge on any atom is -0.497 e. The van der Waals surface area contributed by atoms with Gasteiger partial charge < -0.3 is 14.2 Å². The standard InChI is InChI=1S/C13H20O3/c1-4-12(14-2)10-16-9-11-5-7-13(15-3)8-6-11/h5-8,12H,4,9-10H2,1-3H3/t12-/m1/s1. The Labute approximate surface area is 97.3 Å². The smallest absolute Gasteiger partial charge is 0.118 e. The van der Waals surface area contributed by atoms with Gasteiger partial charge in [0.1, 0.15) is 5.75 Å². The number of rotatable bonds is 7. The topological polar surface area (TPSA) is 27.7 Å². The van der Waals surface area contributed by atoms with E-state index in [0.29, 0.717) is 13.2 Å². The Morgan fingerprint density at radius 1 is 1.12 bits per heavy atom. The Balaban J connectivity index is 2.31. The molecule has 0 fully saturated rings. The van der Waals surface area contributed by atoms with Crippen LogP contribution in [0.15, 0.2) is 24.3 Å². The van der Waals surface area contributed by atoms with Crippen LogP contribution in [0.5, 0.6) is 5.75 Å². The molecular weight excluding hydrogens is 204 g/mol. The van der Waals surface area contributed by atoms with Crippen LogP contribution in [0.3, 0.4) is 0 Å². The van der Waals surface area contributed by atoms with Gasteiger partial charge in [-0.2, -0.15) is 0 Å². The summed E-state index contributed by atoms with van der Waals surface area (Å²) >= 11 is 0. The van der Waals surface area contributed by atoms with Crippen molar-refractivity contribution in [2.75, 3.05) is 20.8 Å². The summed E-state index contributed by atoms with van der Waals surface area (Å²) in [5.74, 6) is 0.868. The molecule has 0 saturated carbocycles. The lowest BCUT2D eigenvalue weighted by molar-refractivity contribution is 0.000525. The number of hydrogen-bond acceptors (Lipinski definition) is 3. The maximum atomic E-state index is 5.57. The van der Waals surface area contributed by atoms with E-state index < -0.39 is 0 Å². The van der Waals surface area contributed by atoms with Crippen LogP contribution in [-0.4, -0.2) is 26.9 Å². The molecule has 0 radical (unpaired) electrons. The largest absolute Gasteiger partial charge is 0.497 e. The van der Waals surface area contributed by atoms with Crippen molar-refractivity contribution in [3.63, 3.8) is 0 Å². The van der Waals surface area contributed by atoms with Crippen LogP contribution < -0.4 is 4.74 Å². The van der Waals surface area contributed by atoms with Gasteiger partial charge >= 0.3 is 0 Å². The Hall–Kier alpha value is -1.06. The molecule has 0 N–H and O–H groups in total. The van der Waals surface area contributed by atoms with E-state index in [0.717, 1.165) is 17.7 Å². The number of ether oxygens (including phenoxy) is 3. The molecule has 16 heavy (non-hydrogen) atoms. The van der Waals surface area contributed by atoms with Crippen molar-refractivity contribution in [3.8, 4) is 5.75 Å². The summed E-state index contributed by atoms with van der Waals surface area (Å²) in [4.78, 5) is 0. The average molecular weight is 224 g/mol. The Morgan fingerprint density at radius 2 is 1.81 bits per heavy atom. The van der Waals surface area contributed by atoms with Crippen molar-refractivity contribution < 1.29 is 14.2 Å². The van der Waals surface area contributed by atoms with Gasteiger partial charge in [0, 0.05) is 7.11 Å². The second-order valence-corrected chi connectivity index (χ2v) is 3.63. The lowest BCUT2D eigenvalue weighted by Gasteiger charge is -2.13. The van der Waals surface area contributed by atoms with Gasteiger partial charge in [0.25, 0.3) is 0 Å². The van der Waals surface area contributed by atoms with E-state index in [1.807, 2.05) is 24.3 Å². The van der Waals surface area contributed by atoms with E-state index in [4.69, 9.17) is 14.2 Å². The second kappa shape index (κ2) is 7.25. The molecule has 0 bridgehead atoms. The van der Waals surface area contributed by atoms with Crippen molar-refractivity contribution in [1.82, 2.24) is 0 Å². The Kier molecular flexibility index (Phi) is 5.90. The Bertz CT molecular complexity index is 278. The fourth-order valence-corrected chi connectivity index (χ4v) is 1.38. The zero-order valence-electron chi connectivity index (χ0n) is 10.2. The minimum atomic E-state index is 0.193. The zero-order chi connectivity index (χ0) is 11.8. The second-order valence-electron chi connectivity index (χ2n) is 3.63. The molecule has 3 heteroatoms. The quantitative estimate of drug-likeness (QED) is 0.712. The van der Waals surface area contributed by atoms with Crippen molar-refractivity contribution in [2.45, 2.75) is 26.1 Å². The van der Waals surface area contributed by atoms with Crippen LogP contribution in [0.4, 0.5) is 0 Å². The van der Waals surface area contributed by atoms with Crippen LogP contribution in [0, 0.1) is 0 Å². The molecule has 1 aromatic rings. The first kappa shape index (κ1) is 13.0. The fourth-order valence-electron chi connectivity index (χ4n) is 1.38. The first-order valence-electron chi connectivity index (χ1n) is 5.53. The van der Waals surface area contributed by atoms with Gasteiger partial charge in [-0.15, -0.1) is 0 Å². The molecule has 0 aromatic heterocycles. The summed E-state index contributed by atoms with van der Waals surface area (Å²) in [5, 5.41) is 0. The SMILES string of the molecule is CC[C@H](COCc1ccc(OC)cc1)OC. The Morgan fingerprint density at radius 3 is 2.31 bits per heavy atom. The lowest BCUT2D eigenvalue weighted by atomic mass is 10.2. The molecule has 90 valence electrons. The summed E-state index contributed by atoms with van der Waals surface area (Å²) in [5.41, 5.74) is 1.15. The predicted molar refractivity (Wildman–Crippen MR) is 63.7 cm³/mol. The van der Waals surface area contributed by atoms with Crippen LogP contribution >= 0.6 is 0 Å². The normalized spacial score (nSPS) is 12.4. The van der Waals surface area contributed by atoms with Gasteiger partial charge in [-0.05, 0) is 24.1 Å². The third kappa shape index (κ3) is 4.21.